The maximum absolute atomic E-state index is 3.79. The Balaban J connectivity index is 2.14. The van der Waals surface area contributed by atoms with E-state index in [0.29, 0.717) is 11.6 Å². The second-order valence-electron chi connectivity index (χ2n) is 6.30. The van der Waals surface area contributed by atoms with Gasteiger partial charge in [-0.15, -0.1) is 0 Å². The van der Waals surface area contributed by atoms with Crippen molar-refractivity contribution < 1.29 is 0 Å². The average molecular weight is 353 g/mol. The van der Waals surface area contributed by atoms with Gasteiger partial charge in [-0.3, -0.25) is 4.90 Å². The van der Waals surface area contributed by atoms with Crippen molar-refractivity contribution in [1.82, 2.24) is 10.2 Å². The van der Waals surface area contributed by atoms with E-state index in [-0.39, 0.29) is 0 Å². The number of rotatable bonds is 6. The summed E-state index contributed by atoms with van der Waals surface area (Å²) in [5, 5.41) is 3.79. The van der Waals surface area contributed by atoms with Gasteiger partial charge in [0.2, 0.25) is 0 Å². The van der Waals surface area contributed by atoms with E-state index in [2.05, 4.69) is 71.2 Å². The predicted molar refractivity (Wildman–Crippen MR) is 94.6 cm³/mol. The summed E-state index contributed by atoms with van der Waals surface area (Å²) in [5.41, 5.74) is 1.73. The highest BCUT2D eigenvalue weighted by molar-refractivity contribution is 9.10. The van der Waals surface area contributed by atoms with E-state index in [4.69, 9.17) is 0 Å². The first-order valence-electron chi connectivity index (χ1n) is 8.36. The zero-order valence-corrected chi connectivity index (χ0v) is 15.2. The summed E-state index contributed by atoms with van der Waals surface area (Å²) in [7, 11) is 0. The van der Waals surface area contributed by atoms with Crippen molar-refractivity contribution in [2.75, 3.05) is 13.1 Å². The van der Waals surface area contributed by atoms with Crippen molar-refractivity contribution in [1.29, 1.82) is 0 Å². The SMILES string of the molecule is CCCC1CN(Cc2ccc(Br)cc2)C(CC)(CC)CN1. The van der Waals surface area contributed by atoms with Crippen LogP contribution in [0.25, 0.3) is 0 Å². The van der Waals surface area contributed by atoms with Gasteiger partial charge in [0.15, 0.2) is 0 Å². The Morgan fingerprint density at radius 3 is 2.43 bits per heavy atom. The molecular weight excluding hydrogens is 324 g/mol. The minimum Gasteiger partial charge on any atom is -0.311 e. The lowest BCUT2D eigenvalue weighted by molar-refractivity contribution is 0.0228. The van der Waals surface area contributed by atoms with Gasteiger partial charge in [-0.25, -0.2) is 0 Å². The molecule has 1 unspecified atom stereocenters. The molecule has 118 valence electrons. The second-order valence-corrected chi connectivity index (χ2v) is 7.22. The summed E-state index contributed by atoms with van der Waals surface area (Å²) in [6, 6.07) is 9.45. The van der Waals surface area contributed by atoms with Crippen LogP contribution in [0.5, 0.6) is 0 Å². The third-order valence-corrected chi connectivity index (χ3v) is 5.60. The predicted octanol–water partition coefficient (Wildman–Crippen LogP) is 4.58. The van der Waals surface area contributed by atoms with Crippen molar-refractivity contribution in [3.8, 4) is 0 Å². The Morgan fingerprint density at radius 1 is 1.19 bits per heavy atom. The molecule has 2 nitrogen and oxygen atoms in total. The molecule has 1 aromatic rings. The van der Waals surface area contributed by atoms with Crippen molar-refractivity contribution >= 4 is 15.9 Å². The topological polar surface area (TPSA) is 15.3 Å². The van der Waals surface area contributed by atoms with Crippen LogP contribution in [0.1, 0.15) is 52.0 Å². The van der Waals surface area contributed by atoms with E-state index in [0.717, 1.165) is 17.6 Å². The number of hydrogen-bond donors (Lipinski definition) is 1. The minimum absolute atomic E-state index is 0.317. The smallest absolute Gasteiger partial charge is 0.0333 e. The van der Waals surface area contributed by atoms with Crippen LogP contribution < -0.4 is 5.32 Å². The highest BCUT2D eigenvalue weighted by atomic mass is 79.9. The highest BCUT2D eigenvalue weighted by Crippen LogP contribution is 2.29. The monoisotopic (exact) mass is 352 g/mol. The molecule has 1 heterocycles. The van der Waals surface area contributed by atoms with Crippen LogP contribution in [-0.4, -0.2) is 29.6 Å². The molecular formula is C18H29BrN2. The fourth-order valence-electron chi connectivity index (χ4n) is 3.50. The van der Waals surface area contributed by atoms with Crippen LogP contribution in [0.4, 0.5) is 0 Å². The third kappa shape index (κ3) is 4.08. The molecule has 1 saturated heterocycles. The molecule has 0 saturated carbocycles. The van der Waals surface area contributed by atoms with Gasteiger partial charge in [-0.1, -0.05) is 55.3 Å². The number of nitrogens with one attached hydrogen (secondary N) is 1. The normalized spacial score (nSPS) is 22.4. The van der Waals surface area contributed by atoms with E-state index >= 15 is 0 Å². The fraction of sp³-hybridized carbons (Fsp3) is 0.667. The van der Waals surface area contributed by atoms with Gasteiger partial charge < -0.3 is 5.32 Å². The number of nitrogens with zero attached hydrogens (tertiary/aromatic N) is 1. The first kappa shape index (κ1) is 17.0. The molecule has 0 aromatic heterocycles. The van der Waals surface area contributed by atoms with Crippen molar-refractivity contribution in [2.24, 2.45) is 0 Å². The first-order chi connectivity index (χ1) is 10.1. The van der Waals surface area contributed by atoms with Gasteiger partial charge in [0, 0.05) is 35.7 Å². The van der Waals surface area contributed by atoms with Crippen LogP contribution >= 0.6 is 15.9 Å². The van der Waals surface area contributed by atoms with E-state index < -0.39 is 0 Å². The van der Waals surface area contributed by atoms with Gasteiger partial charge >= 0.3 is 0 Å². The van der Waals surface area contributed by atoms with E-state index in [1.165, 1.54) is 37.8 Å². The molecule has 21 heavy (non-hydrogen) atoms. The first-order valence-corrected chi connectivity index (χ1v) is 9.15. The van der Waals surface area contributed by atoms with Crippen LogP contribution in [0.2, 0.25) is 0 Å². The molecule has 2 rings (SSSR count). The van der Waals surface area contributed by atoms with E-state index in [1.807, 2.05) is 0 Å². The minimum atomic E-state index is 0.317. The lowest BCUT2D eigenvalue weighted by Crippen LogP contribution is -2.63. The van der Waals surface area contributed by atoms with E-state index in [9.17, 15) is 0 Å². The molecule has 0 amide bonds. The van der Waals surface area contributed by atoms with Gasteiger partial charge in [0.25, 0.3) is 0 Å². The van der Waals surface area contributed by atoms with Crippen LogP contribution in [-0.2, 0) is 6.54 Å². The summed E-state index contributed by atoms with van der Waals surface area (Å²) < 4.78 is 1.16. The Morgan fingerprint density at radius 2 is 1.86 bits per heavy atom. The molecule has 0 aliphatic carbocycles. The third-order valence-electron chi connectivity index (χ3n) is 5.07. The summed E-state index contributed by atoms with van der Waals surface area (Å²) in [6.07, 6.45) is 4.97. The number of halogens is 1. The molecule has 1 aliphatic rings. The molecule has 1 N–H and O–H groups in total. The van der Waals surface area contributed by atoms with Crippen LogP contribution in [0.15, 0.2) is 28.7 Å². The maximum Gasteiger partial charge on any atom is 0.0333 e. The van der Waals surface area contributed by atoms with Gasteiger partial charge in [0.1, 0.15) is 0 Å². The Bertz CT molecular complexity index is 425. The van der Waals surface area contributed by atoms with Gasteiger partial charge in [-0.05, 0) is 37.0 Å². The molecule has 0 radical (unpaired) electrons. The summed E-state index contributed by atoms with van der Waals surface area (Å²) >= 11 is 3.53. The number of benzene rings is 1. The molecule has 3 heteroatoms. The van der Waals surface area contributed by atoms with Crippen LogP contribution in [0, 0.1) is 0 Å². The molecule has 1 fully saturated rings. The summed E-state index contributed by atoms with van der Waals surface area (Å²) in [5.74, 6) is 0. The fourth-order valence-corrected chi connectivity index (χ4v) is 3.77. The lowest BCUT2D eigenvalue weighted by atomic mass is 9.86. The quantitative estimate of drug-likeness (QED) is 0.805. The molecule has 1 aliphatic heterocycles. The largest absolute Gasteiger partial charge is 0.311 e. The lowest BCUT2D eigenvalue weighted by Gasteiger charge is -2.50. The summed E-state index contributed by atoms with van der Waals surface area (Å²) in [6.45, 7) is 10.3. The Hall–Kier alpha value is -0.380. The standard InChI is InChI=1S/C18H29BrN2/c1-4-7-17-13-21(18(5-2,6-3)14-20-17)12-15-8-10-16(19)11-9-15/h8-11,17,20H,4-7,12-14H2,1-3H3. The zero-order valence-electron chi connectivity index (χ0n) is 13.7. The molecule has 0 spiro atoms. The second kappa shape index (κ2) is 7.75. The van der Waals surface area contributed by atoms with E-state index in [1.54, 1.807) is 0 Å². The Labute approximate surface area is 138 Å². The highest BCUT2D eigenvalue weighted by Gasteiger charge is 2.38. The molecule has 0 bridgehead atoms. The van der Waals surface area contributed by atoms with Crippen molar-refractivity contribution in [2.45, 2.75) is 64.6 Å². The zero-order chi connectivity index (χ0) is 15.3. The van der Waals surface area contributed by atoms with Crippen molar-refractivity contribution in [3.05, 3.63) is 34.3 Å². The maximum atomic E-state index is 3.79. The van der Waals surface area contributed by atoms with Crippen LogP contribution in [0.3, 0.4) is 0 Å². The summed E-state index contributed by atoms with van der Waals surface area (Å²) in [4.78, 5) is 2.73. The van der Waals surface area contributed by atoms with Gasteiger partial charge in [0.05, 0.1) is 0 Å². The van der Waals surface area contributed by atoms with Gasteiger partial charge in [-0.2, -0.15) is 0 Å². The van der Waals surface area contributed by atoms with Crippen molar-refractivity contribution in [3.63, 3.8) is 0 Å². The molecule has 1 atom stereocenters. The number of hydrogen-bond acceptors (Lipinski definition) is 2. The molecule has 1 aromatic carbocycles. The Kier molecular flexibility index (Phi) is 6.27. The number of piperazine rings is 1. The average Bonchev–Trinajstić information content (AvgIpc) is 2.51.